The Balaban J connectivity index is 0.000000236. The van der Waals surface area contributed by atoms with Gasteiger partial charge in [0.2, 0.25) is 0 Å². The van der Waals surface area contributed by atoms with Crippen LogP contribution in [0.5, 0.6) is 69.0 Å². The number of hydrogen-bond acceptors (Lipinski definition) is 35. The Hall–Kier alpha value is -17.2. The summed E-state index contributed by atoms with van der Waals surface area (Å²) in [7, 11) is -20.5. The molecule has 0 fully saturated rings. The van der Waals surface area contributed by atoms with Gasteiger partial charge in [-0.15, -0.1) is 25.3 Å². The number of hydrogen-bond donors (Lipinski definition) is 9. The molecule has 47 heteroatoms. The Morgan fingerprint density at radius 1 is 0.322 bits per heavy atom. The van der Waals surface area contributed by atoms with Crippen molar-refractivity contribution in [2.45, 2.75) is 95.8 Å². The molecule has 0 unspecified atom stereocenters. The summed E-state index contributed by atoms with van der Waals surface area (Å²) in [6.07, 6.45) is -0.824. The lowest BCUT2D eigenvalue weighted by molar-refractivity contribution is -0.894. The predicted octanol–water partition coefficient (Wildman–Crippen LogP) is 14.4. The standard InChI is InChI=1S/C33H28O11S.C32H26O11S.C16H6O7.C12H12N2O4S.C6H15N.2O3S/c1-4-27(34)25-16-21(7-9-23(25)32(36)37)43-22-8-10-24(33(38)39)26(17-22)28(35)14-20-6-12-30(31(15-20)45(40,41)42)44-29-11-5-18(2)13-19(29)3;1-3-27(33)25-16-21(9-11-23(25)31(35)36)42-22-10-12-24(32(37)38)26(17-22)28(34)14-19-6-13-29(30(15-19)44(39,40)41)43-20-7-4-18(2)5-8-20;17-13-9-3-1-7(5-11(9)15(19)22-13)21-8-2-4-10-12(6-8)16(20)23-14(10)18;13-8-1-4-10(5-2-8)18-11-6-3-9(14)7-12(11)19(15,16)17;1-4-7(5-2)6-3;2*1-4(2)3/h5-13,15-17H,4,14H2,1-3H3,(H,36,37)(H,38,39)(H,40,41,42);4-13,15-17H,3,14H2,1-2H3,(H,35,36)(H,37,38)(H,39,40,41);1-6H;1-7H,13-14H2,(H,15,16,17);4-6H2,1-3H3;;. The molecule has 2 aliphatic heterocycles. The van der Waals surface area contributed by atoms with Gasteiger partial charge in [-0.2, -0.15) is 16.8 Å². The van der Waals surface area contributed by atoms with Crippen molar-refractivity contribution >= 4 is 134 Å². The van der Waals surface area contributed by atoms with E-state index < -0.39 is 145 Å². The molecule has 12 aromatic carbocycles. The number of anilines is 2. The molecule has 0 saturated carbocycles. The SMILES string of the molecule is CCC(=O)c1cc(Oc2ccc(C(=O)O)c(C(=O)Cc3ccc(Oc4ccc(C)cc4)c(S(=O)(=O)O)c3)c2)ccc1C(=O)O.CCC(=O)c1cc(Oc2ccc(C(=O)O)c(C(=O)Cc3ccc(Oc4ccc(C)cc4C)c(S(=O)(=O)[O-])c3)c2)ccc1C(=O)O.CC[NH+](CC)CC.Nc1ccc(Oc2ccc(N)cc2S(=O)(=O)O)cc1.O=C1OC(=O)c2cc(Oc3ccc4c(c3)C(=O)OC4=O)ccc21.O=S(=O)=O.O=S(=O)=O. The number of Topliss-reactive ketones (excluding diaryl/α,β-unsaturated/α-hetero) is 4. The first-order valence-corrected chi connectivity index (χ1v) is 48.9. The van der Waals surface area contributed by atoms with E-state index in [2.05, 4.69) is 30.2 Å². The largest absolute Gasteiger partial charge is 0.744 e. The number of carbonyl (C=O) groups excluding carboxylic acids is 8. The summed E-state index contributed by atoms with van der Waals surface area (Å²) in [5, 5.41) is 38.2. The van der Waals surface area contributed by atoms with Crippen LogP contribution in [0.2, 0.25) is 0 Å². The Morgan fingerprint density at radius 3 is 0.938 bits per heavy atom. The van der Waals surface area contributed by atoms with E-state index in [9.17, 15) is 112 Å². The number of ketones is 4. The summed E-state index contributed by atoms with van der Waals surface area (Å²) in [4.78, 5) is 144. The van der Waals surface area contributed by atoms with E-state index in [0.29, 0.717) is 28.5 Å². The van der Waals surface area contributed by atoms with Crippen molar-refractivity contribution in [3.8, 4) is 69.0 Å². The van der Waals surface area contributed by atoms with Crippen molar-refractivity contribution in [2.75, 3.05) is 31.1 Å². The van der Waals surface area contributed by atoms with Gasteiger partial charge in [-0.25, -0.2) is 46.8 Å². The molecule has 0 atom stereocenters. The number of rotatable bonds is 32. The van der Waals surface area contributed by atoms with Crippen LogP contribution in [0.3, 0.4) is 0 Å². The number of nitrogen functional groups attached to an aromatic ring is 2. The molecule has 0 aliphatic carbocycles. The van der Waals surface area contributed by atoms with Gasteiger partial charge >= 0.3 is 69.0 Å². The fourth-order valence-corrected chi connectivity index (χ4v) is 15.5. The number of cyclic esters (lactones) is 4. The van der Waals surface area contributed by atoms with Gasteiger partial charge in [0.25, 0.3) is 20.2 Å². The maximum absolute atomic E-state index is 13.4. The molecular weight excluding hydrogens is 2020 g/mol. The highest BCUT2D eigenvalue weighted by molar-refractivity contribution is 7.86. The molecule has 0 bridgehead atoms. The fraction of sp³-hybridized carbons (Fsp3) is 0.152. The molecule has 0 spiro atoms. The van der Waals surface area contributed by atoms with Gasteiger partial charge in [0.1, 0.15) is 88.9 Å². The number of benzene rings is 12. The average molecular weight is 2100 g/mol. The Morgan fingerprint density at radius 2 is 0.610 bits per heavy atom. The second-order valence-corrected chi connectivity index (χ2v) is 35.7. The number of ether oxygens (including phenoxy) is 8. The average Bonchev–Trinajstić information content (AvgIpc) is 1.65. The Bertz CT molecular complexity index is 7640. The molecule has 0 aromatic heterocycles. The number of carboxylic acid groups (broad SMARTS) is 4. The smallest absolute Gasteiger partial charge is 0.425 e. The number of quaternary nitrogens is 1. The second-order valence-electron chi connectivity index (χ2n) is 30.7. The molecule has 11 N–H and O–H groups in total. The van der Waals surface area contributed by atoms with Crippen LogP contribution in [0.15, 0.2) is 245 Å². The first-order valence-electron chi connectivity index (χ1n) is 42.6. The molecule has 14 rings (SSSR count). The van der Waals surface area contributed by atoms with E-state index in [-0.39, 0.29) is 153 Å². The van der Waals surface area contributed by atoms with Crippen molar-refractivity contribution in [2.24, 2.45) is 0 Å². The lowest BCUT2D eigenvalue weighted by atomic mass is 9.98. The molecule has 12 aromatic rings. The zero-order chi connectivity index (χ0) is 108. The maximum Gasteiger partial charge on any atom is 0.425 e. The lowest BCUT2D eigenvalue weighted by Crippen LogP contribution is -3.11. The Kier molecular flexibility index (Phi) is 39.8. The summed E-state index contributed by atoms with van der Waals surface area (Å²) < 4.78 is 196. The molecule has 42 nitrogen and oxygen atoms in total. The summed E-state index contributed by atoms with van der Waals surface area (Å²) in [6, 6.07) is 53.0. The van der Waals surface area contributed by atoms with E-state index in [1.807, 2.05) is 19.9 Å². The minimum atomic E-state index is -5.04. The fourth-order valence-electron chi connectivity index (χ4n) is 13.5. The van der Waals surface area contributed by atoms with Crippen molar-refractivity contribution in [1.29, 1.82) is 0 Å². The summed E-state index contributed by atoms with van der Waals surface area (Å²) in [5.41, 5.74) is 13.4. The number of nitrogens with one attached hydrogen (secondary N) is 1. The maximum atomic E-state index is 13.4. The molecule has 2 aliphatic rings. The molecule has 0 radical (unpaired) electrons. The zero-order valence-corrected chi connectivity index (χ0v) is 81.8. The third kappa shape index (κ3) is 32.4. The molecule has 0 amide bonds. The van der Waals surface area contributed by atoms with E-state index in [4.69, 9.17) is 69.7 Å². The van der Waals surface area contributed by atoms with E-state index in [1.54, 1.807) is 86.3 Å². The van der Waals surface area contributed by atoms with E-state index in [0.717, 1.165) is 41.5 Å². The summed E-state index contributed by atoms with van der Waals surface area (Å²) >= 11 is 0. The first kappa shape index (κ1) is 114. The minimum Gasteiger partial charge on any atom is -0.744 e. The zero-order valence-electron chi connectivity index (χ0n) is 77.7. The number of fused-ring (bicyclic) bond motifs is 2. The molecule has 146 heavy (non-hydrogen) atoms. The number of carboxylic acids is 4. The van der Waals surface area contributed by atoms with E-state index >= 15 is 0 Å². The molecule has 2 heterocycles. The minimum absolute atomic E-state index is 0.0125. The van der Waals surface area contributed by atoms with Crippen LogP contribution in [0.1, 0.15) is 200 Å². The number of nitrogens with two attached hydrogens (primary N) is 2. The third-order valence-corrected chi connectivity index (χ3v) is 23.2. The number of aryl methyl sites for hydroxylation is 3. The summed E-state index contributed by atoms with van der Waals surface area (Å²) in [5.74, 6) is -9.18. The van der Waals surface area contributed by atoms with Crippen molar-refractivity contribution in [3.63, 3.8) is 0 Å². The van der Waals surface area contributed by atoms with Gasteiger partial charge in [0, 0.05) is 59.3 Å². The Labute approximate surface area is 834 Å². The number of esters is 4. The monoisotopic (exact) mass is 2100 g/mol. The van der Waals surface area contributed by atoms with Gasteiger partial charge in [-0.05, 0) is 252 Å². The second kappa shape index (κ2) is 51.0. The highest BCUT2D eigenvalue weighted by Crippen LogP contribution is 2.39. The van der Waals surface area contributed by atoms with Gasteiger partial charge in [-0.1, -0.05) is 61.4 Å². The number of aromatic carboxylic acids is 4. The lowest BCUT2D eigenvalue weighted by Gasteiger charge is -2.17. The molecule has 762 valence electrons. The van der Waals surface area contributed by atoms with Crippen molar-refractivity contribution in [3.05, 3.63) is 325 Å². The third-order valence-electron chi connectivity index (χ3n) is 20.6. The van der Waals surface area contributed by atoms with Crippen LogP contribution in [0, 0.1) is 20.8 Å². The van der Waals surface area contributed by atoms with Gasteiger partial charge < -0.3 is 79.2 Å². The quantitative estimate of drug-likeness (QED) is 0.00621. The highest BCUT2D eigenvalue weighted by Gasteiger charge is 2.34. The predicted molar refractivity (Wildman–Crippen MR) is 513 cm³/mol. The van der Waals surface area contributed by atoms with Crippen LogP contribution in [0.4, 0.5) is 11.4 Å². The first-order chi connectivity index (χ1) is 68.6. The molecular formula is C99H87N3O39S5. The van der Waals surface area contributed by atoms with Gasteiger partial charge in [0.15, 0.2) is 23.1 Å². The topological polar surface area (TPSA) is 684 Å². The van der Waals surface area contributed by atoms with Crippen molar-refractivity contribution in [1.82, 2.24) is 0 Å². The normalized spacial score (nSPS) is 11.4. The van der Waals surface area contributed by atoms with Crippen LogP contribution in [-0.2, 0) is 73.9 Å². The number of carbonyl (C=O) groups is 12. The van der Waals surface area contributed by atoms with Crippen molar-refractivity contribution < 1.29 is 185 Å². The van der Waals surface area contributed by atoms with Crippen LogP contribution in [-0.4, -0.2) is 175 Å². The highest BCUT2D eigenvalue weighted by atomic mass is 32.2. The molecule has 0 saturated heterocycles. The van der Waals surface area contributed by atoms with Gasteiger partial charge in [0.05, 0.1) is 69.0 Å². The van der Waals surface area contributed by atoms with E-state index in [1.165, 1.54) is 153 Å². The summed E-state index contributed by atoms with van der Waals surface area (Å²) in [6.45, 7) is 19.1. The van der Waals surface area contributed by atoms with Gasteiger partial charge in [-0.3, -0.25) is 28.3 Å². The van der Waals surface area contributed by atoms with Crippen LogP contribution < -0.4 is 44.8 Å². The van der Waals surface area contributed by atoms with Crippen LogP contribution >= 0.6 is 0 Å². The van der Waals surface area contributed by atoms with Crippen LogP contribution in [0.25, 0.3) is 0 Å².